The third kappa shape index (κ3) is 6.81. The van der Waals surface area contributed by atoms with Gasteiger partial charge in [0.05, 0.1) is 0 Å². The highest BCUT2D eigenvalue weighted by Crippen LogP contribution is 2.47. The fraction of sp³-hybridized carbons (Fsp3) is 0.500. The molecule has 2 aliphatic carbocycles. The van der Waals surface area contributed by atoms with Gasteiger partial charge in [0.1, 0.15) is 5.82 Å². The van der Waals surface area contributed by atoms with E-state index in [1.165, 1.54) is 0 Å². The summed E-state index contributed by atoms with van der Waals surface area (Å²) < 4.78 is 2.15. The number of carboxylic acid groups (broad SMARTS) is 1. The first-order valence-electron chi connectivity index (χ1n) is 11.3. The van der Waals surface area contributed by atoms with Crippen LogP contribution in [0.15, 0.2) is 36.7 Å². The molecule has 0 aliphatic heterocycles. The fourth-order valence-corrected chi connectivity index (χ4v) is 4.56. The number of aryl methyl sites for hydroxylation is 1. The van der Waals surface area contributed by atoms with Gasteiger partial charge in [0, 0.05) is 53.4 Å². The molecule has 1 heterocycles. The first-order valence-corrected chi connectivity index (χ1v) is 11.6. The summed E-state index contributed by atoms with van der Waals surface area (Å²) in [7, 11) is 0. The van der Waals surface area contributed by atoms with Crippen LogP contribution in [0.4, 0.5) is 5.69 Å². The SMILES string of the molecule is Cc1nccn1CC1(CNC(=O)[C@H]2CCCC[C@H]2C(=O)Nc2ccc(Cl)cc2)CC1.O=CO. The molecule has 2 aliphatic rings. The largest absolute Gasteiger partial charge is 0.483 e. The Hall–Kier alpha value is -2.87. The molecule has 8 nitrogen and oxygen atoms in total. The zero-order valence-electron chi connectivity index (χ0n) is 18.8. The van der Waals surface area contributed by atoms with Crippen LogP contribution in [0.1, 0.15) is 44.3 Å². The average Bonchev–Trinajstić information content (AvgIpc) is 3.47. The van der Waals surface area contributed by atoms with E-state index in [1.54, 1.807) is 24.3 Å². The molecule has 2 amide bonds. The quantitative estimate of drug-likeness (QED) is 0.527. The van der Waals surface area contributed by atoms with Crippen LogP contribution < -0.4 is 10.6 Å². The lowest BCUT2D eigenvalue weighted by atomic mass is 9.78. The number of nitrogens with zero attached hydrogens (tertiary/aromatic N) is 2. The third-order valence-corrected chi connectivity index (χ3v) is 6.83. The lowest BCUT2D eigenvalue weighted by Gasteiger charge is -2.30. The Labute approximate surface area is 198 Å². The highest BCUT2D eigenvalue weighted by Gasteiger charge is 2.44. The van der Waals surface area contributed by atoms with Gasteiger partial charge < -0.3 is 20.3 Å². The molecule has 2 atom stereocenters. The van der Waals surface area contributed by atoms with Crippen molar-refractivity contribution in [2.45, 2.75) is 52.0 Å². The van der Waals surface area contributed by atoms with Gasteiger partial charge in [0.2, 0.25) is 11.8 Å². The number of carbonyl (C=O) groups is 3. The van der Waals surface area contributed by atoms with E-state index in [1.807, 2.05) is 19.3 Å². The summed E-state index contributed by atoms with van der Waals surface area (Å²) in [5.41, 5.74) is 0.832. The van der Waals surface area contributed by atoms with Crippen LogP contribution >= 0.6 is 11.6 Å². The van der Waals surface area contributed by atoms with Crippen LogP contribution in [-0.2, 0) is 20.9 Å². The predicted molar refractivity (Wildman–Crippen MR) is 126 cm³/mol. The van der Waals surface area contributed by atoms with Gasteiger partial charge in [-0.15, -0.1) is 0 Å². The molecule has 0 unspecified atom stereocenters. The summed E-state index contributed by atoms with van der Waals surface area (Å²) in [6, 6.07) is 7.07. The van der Waals surface area contributed by atoms with E-state index in [0.717, 1.165) is 50.9 Å². The number of carbonyl (C=O) groups excluding carboxylic acids is 2. The van der Waals surface area contributed by atoms with E-state index in [-0.39, 0.29) is 35.5 Å². The summed E-state index contributed by atoms with van der Waals surface area (Å²) in [4.78, 5) is 38.6. The minimum Gasteiger partial charge on any atom is -0.483 e. The Morgan fingerprint density at radius 1 is 1.18 bits per heavy atom. The number of anilines is 1. The molecule has 1 aromatic carbocycles. The molecule has 0 radical (unpaired) electrons. The molecule has 2 fully saturated rings. The van der Waals surface area contributed by atoms with Gasteiger partial charge in [-0.3, -0.25) is 14.4 Å². The number of amides is 2. The van der Waals surface area contributed by atoms with Gasteiger partial charge in [-0.25, -0.2) is 4.98 Å². The molecular formula is C24H31ClN4O4. The predicted octanol–water partition coefficient (Wildman–Crippen LogP) is 3.89. The lowest BCUT2D eigenvalue weighted by molar-refractivity contribution is -0.134. The minimum absolute atomic E-state index is 0.0135. The first kappa shape index (κ1) is 24.8. The molecule has 0 bridgehead atoms. The summed E-state index contributed by atoms with van der Waals surface area (Å²) in [6.07, 6.45) is 9.50. The second-order valence-electron chi connectivity index (χ2n) is 8.92. The van der Waals surface area contributed by atoms with E-state index in [0.29, 0.717) is 17.3 Å². The number of hydrogen-bond acceptors (Lipinski definition) is 4. The monoisotopic (exact) mass is 474 g/mol. The lowest BCUT2D eigenvalue weighted by Crippen LogP contribution is -2.43. The van der Waals surface area contributed by atoms with Gasteiger partial charge in [-0.05, 0) is 56.9 Å². The molecule has 0 spiro atoms. The van der Waals surface area contributed by atoms with Crippen LogP contribution in [0.5, 0.6) is 0 Å². The first-order chi connectivity index (χ1) is 15.9. The number of hydrogen-bond donors (Lipinski definition) is 3. The van der Waals surface area contributed by atoms with Gasteiger partial charge >= 0.3 is 0 Å². The number of nitrogens with one attached hydrogen (secondary N) is 2. The van der Waals surface area contributed by atoms with Crippen molar-refractivity contribution in [3.8, 4) is 0 Å². The van der Waals surface area contributed by atoms with Crippen LogP contribution in [-0.4, -0.2) is 39.5 Å². The van der Waals surface area contributed by atoms with Crippen molar-refractivity contribution >= 4 is 35.6 Å². The van der Waals surface area contributed by atoms with E-state index in [9.17, 15) is 9.59 Å². The molecular weight excluding hydrogens is 444 g/mol. The molecule has 178 valence electrons. The van der Waals surface area contributed by atoms with Gasteiger partial charge in [-0.1, -0.05) is 24.4 Å². The van der Waals surface area contributed by atoms with Crippen molar-refractivity contribution in [2.24, 2.45) is 17.3 Å². The minimum atomic E-state index is -0.291. The number of benzene rings is 1. The Kier molecular flexibility index (Phi) is 8.49. The van der Waals surface area contributed by atoms with Gasteiger partial charge in [0.25, 0.3) is 6.47 Å². The normalized spacial score (nSPS) is 20.7. The smallest absolute Gasteiger partial charge is 0.290 e. The second-order valence-corrected chi connectivity index (χ2v) is 9.36. The van der Waals surface area contributed by atoms with Crippen molar-refractivity contribution in [1.29, 1.82) is 0 Å². The zero-order chi connectivity index (χ0) is 23.8. The number of rotatable bonds is 7. The van der Waals surface area contributed by atoms with Crippen molar-refractivity contribution in [1.82, 2.24) is 14.9 Å². The van der Waals surface area contributed by atoms with Crippen LogP contribution in [0.3, 0.4) is 0 Å². The topological polar surface area (TPSA) is 113 Å². The molecule has 2 aromatic rings. The molecule has 4 rings (SSSR count). The van der Waals surface area contributed by atoms with E-state index < -0.39 is 0 Å². The maximum atomic E-state index is 13.0. The van der Waals surface area contributed by atoms with Crippen molar-refractivity contribution in [3.63, 3.8) is 0 Å². The average molecular weight is 475 g/mol. The van der Waals surface area contributed by atoms with Crippen LogP contribution in [0, 0.1) is 24.2 Å². The van der Waals surface area contributed by atoms with Crippen molar-refractivity contribution in [2.75, 3.05) is 11.9 Å². The van der Waals surface area contributed by atoms with Gasteiger partial charge in [-0.2, -0.15) is 0 Å². The number of imidazole rings is 1. The molecule has 1 aromatic heterocycles. The summed E-state index contributed by atoms with van der Waals surface area (Å²) in [6.45, 7) is 3.29. The Morgan fingerprint density at radius 3 is 2.33 bits per heavy atom. The molecule has 33 heavy (non-hydrogen) atoms. The molecule has 2 saturated carbocycles. The number of aromatic nitrogens is 2. The molecule has 9 heteroatoms. The summed E-state index contributed by atoms with van der Waals surface area (Å²) in [5, 5.41) is 13.6. The second kappa shape index (κ2) is 11.3. The number of halogens is 1. The van der Waals surface area contributed by atoms with Crippen LogP contribution in [0.25, 0.3) is 0 Å². The highest BCUT2D eigenvalue weighted by atomic mass is 35.5. The Morgan fingerprint density at radius 2 is 1.79 bits per heavy atom. The van der Waals surface area contributed by atoms with Gasteiger partial charge in [0.15, 0.2) is 0 Å². The summed E-state index contributed by atoms with van der Waals surface area (Å²) in [5.74, 6) is 0.378. The fourth-order valence-electron chi connectivity index (χ4n) is 4.43. The Balaban J connectivity index is 0.000000968. The standard InChI is InChI=1S/C23H29ClN4O2.CH2O2/c1-16-25-12-13-28(16)15-23(10-11-23)14-26-21(29)19-4-2-3-5-20(19)22(30)27-18-8-6-17(24)7-9-18;2-1-3/h6-9,12-13,19-20H,2-5,10-11,14-15H2,1H3,(H,26,29)(H,27,30);1H,(H,2,3)/t19-,20+;/m0./s1. The Bertz CT molecular complexity index is 956. The maximum absolute atomic E-state index is 13.0. The maximum Gasteiger partial charge on any atom is 0.290 e. The summed E-state index contributed by atoms with van der Waals surface area (Å²) >= 11 is 5.92. The zero-order valence-corrected chi connectivity index (χ0v) is 19.6. The van der Waals surface area contributed by atoms with E-state index in [2.05, 4.69) is 20.2 Å². The van der Waals surface area contributed by atoms with E-state index >= 15 is 0 Å². The third-order valence-electron chi connectivity index (χ3n) is 6.58. The highest BCUT2D eigenvalue weighted by molar-refractivity contribution is 6.30. The molecule has 3 N–H and O–H groups in total. The van der Waals surface area contributed by atoms with Crippen molar-refractivity contribution in [3.05, 3.63) is 47.5 Å². The van der Waals surface area contributed by atoms with E-state index in [4.69, 9.17) is 21.5 Å². The van der Waals surface area contributed by atoms with Crippen molar-refractivity contribution < 1.29 is 19.5 Å². The van der Waals surface area contributed by atoms with Crippen LogP contribution in [0.2, 0.25) is 5.02 Å². The molecule has 0 saturated heterocycles.